The van der Waals surface area contributed by atoms with Gasteiger partial charge in [0.1, 0.15) is 12.4 Å². The second kappa shape index (κ2) is 8.25. The SMILES string of the molecule is CC1CCN(c2nc(=O)n(CC(=O)Nc3cccc(Cl)c3)c3ccccc23)CC1. The molecule has 6 nitrogen and oxygen atoms in total. The summed E-state index contributed by atoms with van der Waals surface area (Å²) in [7, 11) is 0. The molecule has 0 unspecified atom stereocenters. The van der Waals surface area contributed by atoms with Crippen molar-refractivity contribution in [3.63, 3.8) is 0 Å². The standard InChI is InChI=1S/C22H23ClN4O2/c1-15-9-11-26(12-10-15)21-18-7-2-3-8-19(18)27(22(29)25-21)14-20(28)24-17-6-4-5-16(23)13-17/h2-8,13,15H,9-12,14H2,1H3,(H,24,28). The second-order valence-electron chi connectivity index (χ2n) is 7.55. The van der Waals surface area contributed by atoms with Crippen LogP contribution in [-0.4, -0.2) is 28.5 Å². The highest BCUT2D eigenvalue weighted by Crippen LogP contribution is 2.27. The molecule has 1 aliphatic heterocycles. The Hall–Kier alpha value is -2.86. The zero-order chi connectivity index (χ0) is 20.4. The van der Waals surface area contributed by atoms with Crippen LogP contribution in [0.4, 0.5) is 11.5 Å². The van der Waals surface area contributed by atoms with Crippen molar-refractivity contribution in [2.24, 2.45) is 5.92 Å². The third kappa shape index (κ3) is 4.27. The zero-order valence-corrected chi connectivity index (χ0v) is 17.0. The summed E-state index contributed by atoms with van der Waals surface area (Å²) in [6.45, 7) is 3.91. The fourth-order valence-electron chi connectivity index (χ4n) is 3.74. The van der Waals surface area contributed by atoms with Crippen LogP contribution in [0.5, 0.6) is 0 Å². The first-order valence-electron chi connectivity index (χ1n) is 9.81. The number of anilines is 2. The molecule has 0 radical (unpaired) electrons. The second-order valence-corrected chi connectivity index (χ2v) is 7.99. The Morgan fingerprint density at radius 1 is 1.17 bits per heavy atom. The predicted octanol–water partition coefficient (Wildman–Crippen LogP) is 3.92. The number of aromatic nitrogens is 2. The van der Waals surface area contributed by atoms with Crippen molar-refractivity contribution in [1.82, 2.24) is 9.55 Å². The first-order chi connectivity index (χ1) is 14.0. The van der Waals surface area contributed by atoms with Gasteiger partial charge in [-0.15, -0.1) is 0 Å². The third-order valence-electron chi connectivity index (χ3n) is 5.36. The van der Waals surface area contributed by atoms with Crippen LogP contribution in [0.3, 0.4) is 0 Å². The lowest BCUT2D eigenvalue weighted by molar-refractivity contribution is -0.116. The number of carbonyl (C=O) groups excluding carboxylic acids is 1. The molecule has 1 fully saturated rings. The number of para-hydroxylation sites is 1. The molecule has 0 spiro atoms. The average molecular weight is 411 g/mol. The van der Waals surface area contributed by atoms with Crippen molar-refractivity contribution in [2.45, 2.75) is 26.3 Å². The predicted molar refractivity (Wildman–Crippen MR) is 117 cm³/mol. The summed E-state index contributed by atoms with van der Waals surface area (Å²) in [5.41, 5.74) is 0.882. The Morgan fingerprint density at radius 3 is 2.69 bits per heavy atom. The van der Waals surface area contributed by atoms with Gasteiger partial charge in [-0.05, 0) is 49.1 Å². The number of hydrogen-bond acceptors (Lipinski definition) is 4. The topological polar surface area (TPSA) is 67.2 Å². The highest BCUT2D eigenvalue weighted by Gasteiger charge is 2.21. The third-order valence-corrected chi connectivity index (χ3v) is 5.60. The smallest absolute Gasteiger partial charge is 0.350 e. The van der Waals surface area contributed by atoms with Crippen LogP contribution in [0, 0.1) is 5.92 Å². The molecule has 1 saturated heterocycles. The molecule has 0 bridgehead atoms. The van der Waals surface area contributed by atoms with Gasteiger partial charge in [0.2, 0.25) is 5.91 Å². The van der Waals surface area contributed by atoms with Crippen LogP contribution >= 0.6 is 11.6 Å². The monoisotopic (exact) mass is 410 g/mol. The van der Waals surface area contributed by atoms with Gasteiger partial charge in [0.05, 0.1) is 5.52 Å². The van der Waals surface area contributed by atoms with E-state index >= 15 is 0 Å². The first kappa shape index (κ1) is 19.5. The van der Waals surface area contributed by atoms with Gasteiger partial charge in [0, 0.05) is 29.2 Å². The van der Waals surface area contributed by atoms with Crippen LogP contribution in [-0.2, 0) is 11.3 Å². The van der Waals surface area contributed by atoms with Crippen molar-refractivity contribution < 1.29 is 4.79 Å². The number of halogens is 1. The minimum atomic E-state index is -0.418. The summed E-state index contributed by atoms with van der Waals surface area (Å²) in [5.74, 6) is 1.10. The van der Waals surface area contributed by atoms with Gasteiger partial charge in [-0.25, -0.2) is 4.79 Å². The maximum absolute atomic E-state index is 12.8. The Balaban J connectivity index is 1.65. The molecule has 0 atom stereocenters. The van der Waals surface area contributed by atoms with Crippen LogP contribution in [0.1, 0.15) is 19.8 Å². The van der Waals surface area contributed by atoms with Crippen molar-refractivity contribution in [1.29, 1.82) is 0 Å². The molecular formula is C22H23ClN4O2. The molecule has 3 aromatic rings. The highest BCUT2D eigenvalue weighted by atomic mass is 35.5. The normalized spacial score (nSPS) is 14.9. The molecule has 1 N–H and O–H groups in total. The van der Waals surface area contributed by atoms with Crippen molar-refractivity contribution >= 4 is 39.9 Å². The molecule has 0 saturated carbocycles. The Morgan fingerprint density at radius 2 is 1.93 bits per heavy atom. The van der Waals surface area contributed by atoms with Gasteiger partial charge in [-0.1, -0.05) is 36.7 Å². The van der Waals surface area contributed by atoms with E-state index in [0.717, 1.165) is 31.3 Å². The molecule has 29 heavy (non-hydrogen) atoms. The van der Waals surface area contributed by atoms with E-state index in [4.69, 9.17) is 11.6 Å². The lowest BCUT2D eigenvalue weighted by Gasteiger charge is -2.32. The molecule has 0 aliphatic carbocycles. The quantitative estimate of drug-likeness (QED) is 0.707. The van der Waals surface area contributed by atoms with E-state index in [2.05, 4.69) is 22.1 Å². The number of carbonyl (C=O) groups is 1. The Kier molecular flexibility index (Phi) is 5.53. The maximum atomic E-state index is 12.8. The minimum Gasteiger partial charge on any atom is -0.356 e. The van der Waals surface area contributed by atoms with E-state index in [1.807, 2.05) is 24.3 Å². The number of nitrogens with one attached hydrogen (secondary N) is 1. The molecule has 1 aliphatic rings. The van der Waals surface area contributed by atoms with Gasteiger partial charge in [-0.3, -0.25) is 9.36 Å². The first-order valence-corrected chi connectivity index (χ1v) is 10.2. The largest absolute Gasteiger partial charge is 0.356 e. The Bertz CT molecular complexity index is 1100. The van der Waals surface area contributed by atoms with E-state index in [0.29, 0.717) is 28.0 Å². The lowest BCUT2D eigenvalue weighted by Crippen LogP contribution is -2.37. The lowest BCUT2D eigenvalue weighted by atomic mass is 9.99. The molecule has 7 heteroatoms. The van der Waals surface area contributed by atoms with Gasteiger partial charge in [-0.2, -0.15) is 4.98 Å². The zero-order valence-electron chi connectivity index (χ0n) is 16.3. The van der Waals surface area contributed by atoms with E-state index in [9.17, 15) is 9.59 Å². The summed E-state index contributed by atoms with van der Waals surface area (Å²) in [6, 6.07) is 14.5. The van der Waals surface area contributed by atoms with Gasteiger partial charge >= 0.3 is 5.69 Å². The average Bonchev–Trinajstić information content (AvgIpc) is 2.70. The van der Waals surface area contributed by atoms with Gasteiger partial charge in [0.15, 0.2) is 0 Å². The number of fused-ring (bicyclic) bond motifs is 1. The number of nitrogens with zero attached hydrogens (tertiary/aromatic N) is 3. The highest BCUT2D eigenvalue weighted by molar-refractivity contribution is 6.30. The number of amides is 1. The molecule has 150 valence electrons. The summed E-state index contributed by atoms with van der Waals surface area (Å²) >= 11 is 5.97. The summed E-state index contributed by atoms with van der Waals surface area (Å²) in [4.78, 5) is 31.9. The van der Waals surface area contributed by atoms with Crippen molar-refractivity contribution in [3.8, 4) is 0 Å². The van der Waals surface area contributed by atoms with Crippen LogP contribution in [0.2, 0.25) is 5.02 Å². The molecule has 1 aromatic heterocycles. The van der Waals surface area contributed by atoms with Crippen LogP contribution < -0.4 is 15.9 Å². The summed E-state index contributed by atoms with van der Waals surface area (Å²) in [5, 5.41) is 4.21. The summed E-state index contributed by atoms with van der Waals surface area (Å²) in [6.07, 6.45) is 2.17. The molecular weight excluding hydrogens is 388 g/mol. The van der Waals surface area contributed by atoms with E-state index in [1.165, 1.54) is 4.57 Å². The van der Waals surface area contributed by atoms with Gasteiger partial charge in [0.25, 0.3) is 0 Å². The fraction of sp³-hybridized carbons (Fsp3) is 0.318. The minimum absolute atomic E-state index is 0.115. The number of hydrogen-bond donors (Lipinski definition) is 1. The van der Waals surface area contributed by atoms with Crippen LogP contribution in [0.15, 0.2) is 53.3 Å². The van der Waals surface area contributed by atoms with Crippen LogP contribution in [0.25, 0.3) is 10.9 Å². The molecule has 2 aromatic carbocycles. The van der Waals surface area contributed by atoms with Gasteiger partial charge < -0.3 is 10.2 Å². The van der Waals surface area contributed by atoms with E-state index < -0.39 is 5.69 Å². The number of rotatable bonds is 4. The maximum Gasteiger partial charge on any atom is 0.350 e. The summed E-state index contributed by atoms with van der Waals surface area (Å²) < 4.78 is 1.42. The molecule has 2 heterocycles. The van der Waals surface area contributed by atoms with E-state index in [1.54, 1.807) is 24.3 Å². The van der Waals surface area contributed by atoms with Crippen molar-refractivity contribution in [3.05, 3.63) is 64.0 Å². The molecule has 4 rings (SSSR count). The van der Waals surface area contributed by atoms with E-state index in [-0.39, 0.29) is 12.5 Å². The molecule has 1 amide bonds. The van der Waals surface area contributed by atoms with Crippen molar-refractivity contribution in [2.75, 3.05) is 23.3 Å². The number of benzene rings is 2. The fourth-order valence-corrected chi connectivity index (χ4v) is 3.93. The number of piperidine rings is 1. The Labute approximate surface area is 174 Å².